The van der Waals surface area contributed by atoms with Crippen molar-refractivity contribution in [3.8, 4) is 22.8 Å². The normalized spacial score (nSPS) is 17.9. The molecule has 12 heteroatoms. The van der Waals surface area contributed by atoms with Crippen molar-refractivity contribution in [2.45, 2.75) is 78.3 Å². The fourth-order valence-corrected chi connectivity index (χ4v) is 9.38. The van der Waals surface area contributed by atoms with Gasteiger partial charge in [-0.15, -0.1) is 0 Å². The number of aromatic nitrogens is 4. The molecule has 322 valence electrons. The summed E-state index contributed by atoms with van der Waals surface area (Å²) >= 11 is 0. The number of aryl methyl sites for hydroxylation is 2. The molecule has 2 aliphatic carbocycles. The van der Waals surface area contributed by atoms with Crippen LogP contribution in [0.3, 0.4) is 0 Å². The van der Waals surface area contributed by atoms with Gasteiger partial charge >= 0.3 is 12.1 Å². The van der Waals surface area contributed by atoms with Crippen LogP contribution in [0.4, 0.5) is 9.59 Å². The van der Waals surface area contributed by atoms with Crippen LogP contribution >= 0.6 is 0 Å². The number of imidazole rings is 2. The van der Waals surface area contributed by atoms with Crippen molar-refractivity contribution in [3.63, 3.8) is 0 Å². The van der Waals surface area contributed by atoms with E-state index >= 15 is 0 Å². The molecule has 4 amide bonds. The van der Waals surface area contributed by atoms with Crippen molar-refractivity contribution in [2.75, 3.05) is 13.1 Å². The molecule has 4 aromatic carbocycles. The average Bonchev–Trinajstić information content (AvgIpc) is 4.08. The molecule has 2 aliphatic heterocycles. The number of hydrogen-bond acceptors (Lipinski definition) is 6. The molecule has 6 aromatic rings. The zero-order valence-corrected chi connectivity index (χ0v) is 36.7. The fourth-order valence-electron chi connectivity index (χ4n) is 9.38. The Hall–Kier alpha value is -7.34. The first-order valence-electron chi connectivity index (χ1n) is 22.4. The first-order chi connectivity index (χ1) is 31.1. The maximum Gasteiger partial charge on any atom is 0.327 e. The summed E-state index contributed by atoms with van der Waals surface area (Å²) < 4.78 is 0. The Morgan fingerprint density at radius 2 is 1.20 bits per heavy atom. The Balaban J connectivity index is 0.672. The second-order valence-electron chi connectivity index (χ2n) is 17.3. The minimum absolute atomic E-state index is 0.104. The summed E-state index contributed by atoms with van der Waals surface area (Å²) in [5.74, 6) is 3.12. The van der Waals surface area contributed by atoms with Crippen molar-refractivity contribution in [2.24, 2.45) is 9.98 Å². The molecule has 10 rings (SSSR count). The van der Waals surface area contributed by atoms with Crippen LogP contribution in [0, 0.1) is 13.8 Å². The highest BCUT2D eigenvalue weighted by Crippen LogP contribution is 2.37. The molecule has 0 radical (unpaired) electrons. The number of rotatable bonds is 11. The molecule has 0 bridgehead atoms. The molecule has 0 saturated carbocycles. The number of nitrogens with zero attached hydrogens (tertiary/aromatic N) is 6. The van der Waals surface area contributed by atoms with E-state index in [1.807, 2.05) is 32.1 Å². The number of allylic oxidation sites excluding steroid dienone is 4. The van der Waals surface area contributed by atoms with Gasteiger partial charge in [0, 0.05) is 30.6 Å². The Bertz CT molecular complexity index is 3030. The van der Waals surface area contributed by atoms with Gasteiger partial charge in [0.1, 0.15) is 23.3 Å². The molecule has 0 spiro atoms. The minimum atomic E-state index is -0.151. The minimum Gasteiger partial charge on any atom is -0.338 e. The summed E-state index contributed by atoms with van der Waals surface area (Å²) in [5, 5.41) is 6.25. The van der Waals surface area contributed by atoms with Gasteiger partial charge in [-0.3, -0.25) is 14.8 Å². The lowest BCUT2D eigenvalue weighted by molar-refractivity contribution is 0.215. The molecule has 2 unspecified atom stereocenters. The smallest absolute Gasteiger partial charge is 0.327 e. The van der Waals surface area contributed by atoms with Gasteiger partial charge in [-0.1, -0.05) is 84.7 Å². The summed E-state index contributed by atoms with van der Waals surface area (Å²) in [6, 6.07) is 28.8. The predicted molar refractivity (Wildman–Crippen MR) is 257 cm³/mol. The summed E-state index contributed by atoms with van der Waals surface area (Å²) in [6.07, 6.45) is 13.3. The van der Waals surface area contributed by atoms with Gasteiger partial charge in [0.05, 0.1) is 45.5 Å². The number of carbonyl (C=O) groups is 2. The molecule has 64 heavy (non-hydrogen) atoms. The number of amides is 4. The zero-order chi connectivity index (χ0) is 43.9. The zero-order valence-electron chi connectivity index (χ0n) is 36.7. The largest absolute Gasteiger partial charge is 0.338 e. The molecule has 2 atom stereocenters. The number of fused-ring (bicyclic) bond motifs is 4. The highest BCUT2D eigenvalue weighted by molar-refractivity contribution is 6.02. The third-order valence-electron chi connectivity index (χ3n) is 12.7. The van der Waals surface area contributed by atoms with E-state index in [4.69, 9.17) is 20.0 Å². The topological polar surface area (TPSA) is 147 Å². The van der Waals surface area contributed by atoms with E-state index in [1.54, 1.807) is 9.80 Å². The van der Waals surface area contributed by atoms with Gasteiger partial charge in [0.15, 0.2) is 0 Å². The molecule has 0 fully saturated rings. The lowest BCUT2D eigenvalue weighted by Crippen LogP contribution is -2.46. The highest BCUT2D eigenvalue weighted by atomic mass is 16.2. The Kier molecular flexibility index (Phi) is 10.9. The van der Waals surface area contributed by atoms with Gasteiger partial charge in [0.2, 0.25) is 0 Å². The summed E-state index contributed by atoms with van der Waals surface area (Å²) in [4.78, 5) is 56.8. The van der Waals surface area contributed by atoms with Crippen LogP contribution in [0.25, 0.3) is 56.0 Å². The Labute approximate surface area is 372 Å². The maximum atomic E-state index is 13.5. The van der Waals surface area contributed by atoms with Crippen LogP contribution in [-0.2, 0) is 0 Å². The van der Waals surface area contributed by atoms with Gasteiger partial charge in [0.25, 0.3) is 0 Å². The van der Waals surface area contributed by atoms with Crippen LogP contribution in [0.15, 0.2) is 131 Å². The van der Waals surface area contributed by atoms with Crippen molar-refractivity contribution in [1.82, 2.24) is 40.4 Å². The molecule has 4 heterocycles. The number of nitrogens with one attached hydrogen (secondary N) is 4. The molecule has 4 aliphatic rings. The first-order valence-corrected chi connectivity index (χ1v) is 22.4. The van der Waals surface area contributed by atoms with E-state index in [-0.39, 0.29) is 24.1 Å². The molecule has 2 aromatic heterocycles. The Morgan fingerprint density at radius 1 is 0.625 bits per heavy atom. The summed E-state index contributed by atoms with van der Waals surface area (Å²) in [5.41, 5.74) is 14.7. The number of benzene rings is 4. The van der Waals surface area contributed by atoms with E-state index in [9.17, 15) is 9.59 Å². The molecular weight excluding hydrogens is 797 g/mol. The average molecular weight is 849 g/mol. The van der Waals surface area contributed by atoms with Crippen LogP contribution in [0.1, 0.15) is 74.6 Å². The second-order valence-corrected chi connectivity index (χ2v) is 17.3. The molecule has 12 nitrogen and oxygen atoms in total. The number of carbonyl (C=O) groups excluding carboxylic acids is 2. The SMILES string of the molecule is CC1=NC2CC(c3ccc4nc(-c5cccc(C)c5)[nH]c4c3)=CC=C2N1C(=O)NCCCCCCNC(=O)N1C(C)=NC2=CC=C(c3ccc4nc(-c5cccc(C)c5)[nH]c4c3)CC21. The van der Waals surface area contributed by atoms with Crippen LogP contribution in [0.2, 0.25) is 0 Å². The number of hydrogen-bond donors (Lipinski definition) is 4. The van der Waals surface area contributed by atoms with Crippen molar-refractivity contribution in [1.29, 1.82) is 0 Å². The standard InChI is InChI=1S/C52H52N10O2/c1-31-11-9-13-39(25-31)49-57-41-19-15-35(27-44(41)59-49)37-18-22-47-46(29-37)56-34(4)61(47)51(63)53-23-7-5-6-8-24-54-52(64)62-33(3)55-43-21-17-38(30-48(43)62)36-16-20-42-45(28-36)60-50(58-42)40-14-10-12-32(2)26-40/h9-22,25-28,46,48H,5-8,23-24,29-30H2,1-4H3,(H,53,63)(H,54,64)(H,57,59)(H,58,60). The summed E-state index contributed by atoms with van der Waals surface area (Å²) in [6.45, 7) is 9.11. The van der Waals surface area contributed by atoms with E-state index in [2.05, 4.69) is 125 Å². The lowest BCUT2D eigenvalue weighted by atomic mass is 9.92. The van der Waals surface area contributed by atoms with Gasteiger partial charge in [-0.25, -0.2) is 24.5 Å². The molecule has 0 saturated heterocycles. The van der Waals surface area contributed by atoms with Gasteiger partial charge in [-0.2, -0.15) is 0 Å². The van der Waals surface area contributed by atoms with E-state index in [0.29, 0.717) is 37.6 Å². The third kappa shape index (κ3) is 8.07. The van der Waals surface area contributed by atoms with Gasteiger partial charge in [-0.05, 0) is 118 Å². The number of H-pyrrole nitrogens is 2. The number of aromatic amines is 2. The third-order valence-corrected chi connectivity index (χ3v) is 12.7. The van der Waals surface area contributed by atoms with E-state index < -0.39 is 0 Å². The lowest BCUT2D eigenvalue weighted by Gasteiger charge is -2.28. The first kappa shape index (κ1) is 40.7. The van der Waals surface area contributed by atoms with E-state index in [1.165, 1.54) is 16.7 Å². The second kappa shape index (κ2) is 17.1. The fraction of sp³-hybridized carbons (Fsp3) is 0.269. The van der Waals surface area contributed by atoms with Crippen molar-refractivity contribution in [3.05, 3.63) is 143 Å². The number of urea groups is 2. The van der Waals surface area contributed by atoms with Crippen LogP contribution in [0.5, 0.6) is 0 Å². The number of aliphatic imine (C=N–C) groups is 2. The number of amidine groups is 2. The van der Waals surface area contributed by atoms with E-state index in [0.717, 1.165) is 98.6 Å². The summed E-state index contributed by atoms with van der Waals surface area (Å²) in [7, 11) is 0. The monoisotopic (exact) mass is 848 g/mol. The number of unbranched alkanes of at least 4 members (excludes halogenated alkanes) is 3. The molecule has 4 N–H and O–H groups in total. The van der Waals surface area contributed by atoms with Crippen LogP contribution in [-0.4, -0.2) is 78.6 Å². The predicted octanol–water partition coefficient (Wildman–Crippen LogP) is 10.6. The maximum absolute atomic E-state index is 13.5. The van der Waals surface area contributed by atoms with Crippen molar-refractivity contribution < 1.29 is 9.59 Å². The van der Waals surface area contributed by atoms with Crippen molar-refractivity contribution >= 4 is 56.9 Å². The highest BCUT2D eigenvalue weighted by Gasteiger charge is 2.37. The quantitative estimate of drug-likeness (QED) is 0.0961. The van der Waals surface area contributed by atoms with Gasteiger partial charge < -0.3 is 20.6 Å². The Morgan fingerprint density at radius 3 is 1.81 bits per heavy atom. The van der Waals surface area contributed by atoms with Crippen LogP contribution < -0.4 is 10.6 Å². The molecular formula is C52H52N10O2.